The predicted molar refractivity (Wildman–Crippen MR) is 86.4 cm³/mol. The number of hydrogen-bond donors (Lipinski definition) is 1. The van der Waals surface area contributed by atoms with Gasteiger partial charge in [-0.1, -0.05) is 34.1 Å². The summed E-state index contributed by atoms with van der Waals surface area (Å²) in [5, 5.41) is 14.4. The van der Waals surface area contributed by atoms with E-state index in [4.69, 9.17) is 4.74 Å². The second kappa shape index (κ2) is 9.17. The fourth-order valence-electron chi connectivity index (χ4n) is 1.82. The molecule has 7 heteroatoms. The number of unbranched alkanes of at least 4 members (excludes halogenated alkanes) is 1. The third-order valence-electron chi connectivity index (χ3n) is 2.97. The topological polar surface area (TPSA) is 90.2 Å². The zero-order valence-electron chi connectivity index (χ0n) is 13.9. The molecule has 1 rings (SSSR count). The Morgan fingerprint density at radius 3 is 2.55 bits per heavy atom. The van der Waals surface area contributed by atoms with Crippen LogP contribution >= 0.6 is 0 Å². The molecular formula is C15H26N4O3. The minimum Gasteiger partial charge on any atom is -0.473 e. The van der Waals surface area contributed by atoms with Gasteiger partial charge < -0.3 is 10.1 Å². The maximum atomic E-state index is 11.4. The Balaban J connectivity index is 3.15. The summed E-state index contributed by atoms with van der Waals surface area (Å²) in [6, 6.07) is 0. The molecule has 0 fully saturated rings. The van der Waals surface area contributed by atoms with Crippen LogP contribution in [0.4, 0.5) is 11.5 Å². The molecule has 7 nitrogen and oxygen atoms in total. The summed E-state index contributed by atoms with van der Waals surface area (Å²) >= 11 is 0. The highest BCUT2D eigenvalue weighted by atomic mass is 16.6. The highest BCUT2D eigenvalue weighted by Gasteiger charge is 2.26. The Hall–Kier alpha value is -1.92. The summed E-state index contributed by atoms with van der Waals surface area (Å²) in [5.41, 5.74) is -0.170. The van der Waals surface area contributed by atoms with Crippen molar-refractivity contribution in [2.24, 2.45) is 5.92 Å². The van der Waals surface area contributed by atoms with Gasteiger partial charge in [-0.15, -0.1) is 0 Å². The summed E-state index contributed by atoms with van der Waals surface area (Å²) in [6.45, 7) is 9.15. The van der Waals surface area contributed by atoms with Crippen LogP contribution in [0.25, 0.3) is 0 Å². The van der Waals surface area contributed by atoms with Gasteiger partial charge in [0.15, 0.2) is 0 Å². The molecule has 1 aromatic heterocycles. The van der Waals surface area contributed by atoms with Crippen molar-refractivity contribution in [3.8, 4) is 5.88 Å². The van der Waals surface area contributed by atoms with Crippen LogP contribution in [0.5, 0.6) is 5.88 Å². The van der Waals surface area contributed by atoms with E-state index >= 15 is 0 Å². The lowest BCUT2D eigenvalue weighted by molar-refractivity contribution is -0.385. The molecule has 0 radical (unpaired) electrons. The highest BCUT2D eigenvalue weighted by molar-refractivity contribution is 5.61. The Bertz CT molecular complexity index is 492. The Morgan fingerprint density at radius 1 is 1.27 bits per heavy atom. The second-order valence-corrected chi connectivity index (χ2v) is 5.63. The maximum absolute atomic E-state index is 11.4. The van der Waals surface area contributed by atoms with Gasteiger partial charge in [0.25, 0.3) is 5.88 Å². The number of rotatable bonds is 10. The van der Waals surface area contributed by atoms with Crippen molar-refractivity contribution in [2.45, 2.75) is 53.4 Å². The van der Waals surface area contributed by atoms with Crippen molar-refractivity contribution in [3.05, 3.63) is 15.9 Å². The molecular weight excluding hydrogens is 284 g/mol. The van der Waals surface area contributed by atoms with Crippen LogP contribution in [0.15, 0.2) is 0 Å². The molecule has 0 saturated carbocycles. The summed E-state index contributed by atoms with van der Waals surface area (Å²) in [7, 11) is 0. The van der Waals surface area contributed by atoms with Crippen LogP contribution in [0, 0.1) is 16.0 Å². The fraction of sp³-hybridized carbons (Fsp3) is 0.733. The quantitative estimate of drug-likeness (QED) is 0.403. The average Bonchev–Trinajstić information content (AvgIpc) is 2.45. The molecule has 0 saturated heterocycles. The number of nitrogens with one attached hydrogen (secondary N) is 1. The summed E-state index contributed by atoms with van der Waals surface area (Å²) in [5.74, 6) is 1.26. The van der Waals surface area contributed by atoms with Crippen LogP contribution in [0.2, 0.25) is 0 Å². The lowest BCUT2D eigenvalue weighted by Crippen LogP contribution is -2.14. The molecule has 1 N–H and O–H groups in total. The predicted octanol–water partition coefficient (Wildman–Crippen LogP) is 3.58. The molecule has 0 aliphatic carbocycles. The minimum absolute atomic E-state index is 0.0724. The zero-order valence-corrected chi connectivity index (χ0v) is 13.9. The van der Waals surface area contributed by atoms with Crippen molar-refractivity contribution in [1.82, 2.24) is 9.97 Å². The minimum atomic E-state index is -0.473. The van der Waals surface area contributed by atoms with Crippen molar-refractivity contribution < 1.29 is 9.66 Å². The Morgan fingerprint density at radius 2 is 2.00 bits per heavy atom. The third-order valence-corrected chi connectivity index (χ3v) is 2.97. The monoisotopic (exact) mass is 310 g/mol. The van der Waals surface area contributed by atoms with Gasteiger partial charge in [-0.05, 0) is 18.8 Å². The average molecular weight is 310 g/mol. The SMILES string of the molecule is CCCCOc1nc(CCC)nc(NCC(C)C)c1[N+](=O)[O-]. The van der Waals surface area contributed by atoms with E-state index < -0.39 is 4.92 Å². The van der Waals surface area contributed by atoms with Crippen molar-refractivity contribution in [1.29, 1.82) is 0 Å². The van der Waals surface area contributed by atoms with Crippen LogP contribution in [0.1, 0.15) is 52.8 Å². The lowest BCUT2D eigenvalue weighted by atomic mass is 10.2. The number of nitro groups is 1. The molecule has 1 aromatic rings. The largest absolute Gasteiger partial charge is 0.473 e. The zero-order chi connectivity index (χ0) is 16.5. The summed E-state index contributed by atoms with van der Waals surface area (Å²) in [4.78, 5) is 19.5. The van der Waals surface area contributed by atoms with E-state index in [-0.39, 0.29) is 17.4 Å². The van der Waals surface area contributed by atoms with E-state index in [1.807, 2.05) is 27.7 Å². The Kier molecular flexibility index (Phi) is 7.56. The molecule has 0 spiro atoms. The van der Waals surface area contributed by atoms with Crippen molar-refractivity contribution in [2.75, 3.05) is 18.5 Å². The van der Waals surface area contributed by atoms with Gasteiger partial charge in [0.05, 0.1) is 11.5 Å². The molecule has 0 atom stereocenters. The molecule has 0 aliphatic rings. The standard InChI is InChI=1S/C15H26N4O3/c1-5-7-9-22-15-13(19(20)21)14(16-10-11(3)4)17-12(18-15)8-6-2/h11H,5-10H2,1-4H3,(H,16,17,18). The first-order valence-electron chi connectivity index (χ1n) is 7.91. The number of aromatic nitrogens is 2. The number of ether oxygens (including phenoxy) is 1. The molecule has 22 heavy (non-hydrogen) atoms. The number of nitrogens with zero attached hydrogens (tertiary/aromatic N) is 3. The normalized spacial score (nSPS) is 10.8. The van der Waals surface area contributed by atoms with Gasteiger partial charge in [0, 0.05) is 13.0 Å². The molecule has 0 aromatic carbocycles. The molecule has 0 bridgehead atoms. The van der Waals surface area contributed by atoms with E-state index in [1.54, 1.807) is 0 Å². The molecule has 0 amide bonds. The number of aryl methyl sites for hydroxylation is 1. The van der Waals surface area contributed by atoms with Crippen molar-refractivity contribution >= 4 is 11.5 Å². The first kappa shape index (κ1) is 18.1. The molecule has 124 valence electrons. The van der Waals surface area contributed by atoms with Gasteiger partial charge in [-0.2, -0.15) is 4.98 Å². The molecule has 0 aliphatic heterocycles. The third kappa shape index (κ3) is 5.46. The molecule has 0 unspecified atom stereocenters. The summed E-state index contributed by atoms with van der Waals surface area (Å²) in [6.07, 6.45) is 3.33. The van der Waals surface area contributed by atoms with Crippen LogP contribution in [0.3, 0.4) is 0 Å². The van der Waals surface area contributed by atoms with E-state index in [0.29, 0.717) is 31.3 Å². The first-order valence-corrected chi connectivity index (χ1v) is 7.91. The van der Waals surface area contributed by atoms with Gasteiger partial charge in [0.2, 0.25) is 5.82 Å². The fourth-order valence-corrected chi connectivity index (χ4v) is 1.82. The first-order chi connectivity index (χ1) is 10.5. The maximum Gasteiger partial charge on any atom is 0.372 e. The second-order valence-electron chi connectivity index (χ2n) is 5.63. The van der Waals surface area contributed by atoms with E-state index in [2.05, 4.69) is 15.3 Å². The Labute approximate surface area is 131 Å². The van der Waals surface area contributed by atoms with Crippen LogP contribution in [-0.2, 0) is 6.42 Å². The number of anilines is 1. The van der Waals surface area contributed by atoms with E-state index in [1.165, 1.54) is 0 Å². The van der Waals surface area contributed by atoms with Gasteiger partial charge in [-0.3, -0.25) is 10.1 Å². The van der Waals surface area contributed by atoms with E-state index in [0.717, 1.165) is 19.3 Å². The van der Waals surface area contributed by atoms with E-state index in [9.17, 15) is 10.1 Å². The van der Waals surface area contributed by atoms with Gasteiger partial charge >= 0.3 is 5.69 Å². The van der Waals surface area contributed by atoms with Gasteiger partial charge in [0.1, 0.15) is 5.82 Å². The highest BCUT2D eigenvalue weighted by Crippen LogP contribution is 2.32. The van der Waals surface area contributed by atoms with Crippen molar-refractivity contribution in [3.63, 3.8) is 0 Å². The smallest absolute Gasteiger partial charge is 0.372 e. The number of hydrogen-bond acceptors (Lipinski definition) is 6. The molecule has 1 heterocycles. The van der Waals surface area contributed by atoms with Gasteiger partial charge in [-0.25, -0.2) is 4.98 Å². The van der Waals surface area contributed by atoms with Crippen LogP contribution < -0.4 is 10.1 Å². The summed E-state index contributed by atoms with van der Waals surface area (Å²) < 4.78 is 5.54. The van der Waals surface area contributed by atoms with Crippen LogP contribution in [-0.4, -0.2) is 28.0 Å². The lowest BCUT2D eigenvalue weighted by Gasteiger charge is -2.12.